The minimum absolute atomic E-state index is 0.00497. The van der Waals surface area contributed by atoms with E-state index >= 15 is 0 Å². The molecular formula is C30H19BrClF5N2O3S. The summed E-state index contributed by atoms with van der Waals surface area (Å²) in [7, 11) is 1.52. The third-order valence-electron chi connectivity index (χ3n) is 6.66. The van der Waals surface area contributed by atoms with Gasteiger partial charge in [-0.05, 0) is 66.2 Å². The molecule has 0 fully saturated rings. The van der Waals surface area contributed by atoms with E-state index in [1.165, 1.54) is 23.8 Å². The summed E-state index contributed by atoms with van der Waals surface area (Å²) in [5.41, 5.74) is -0.922. The standard InChI is InChI=1S/C30H19BrClF5N2O3S/c1-42-21-5-2-15(3-6-21)14-38-27(22-13-19(33)4-7-24(22)32)26-23(29(38)41)11-18(31)12-25(26)39(43)28(40)16-8-17(30(35,36)37)10-20(34)9-16/h2-13,41,43H,14H2,1H3. The molecular weight excluding hydrogens is 679 g/mol. The summed E-state index contributed by atoms with van der Waals surface area (Å²) in [4.78, 5) is 13.5. The number of halogens is 7. The first-order chi connectivity index (χ1) is 20.3. The normalized spacial score (nSPS) is 11.7. The van der Waals surface area contributed by atoms with Gasteiger partial charge in [0.25, 0.3) is 5.91 Å². The van der Waals surface area contributed by atoms with E-state index in [4.69, 9.17) is 16.3 Å². The maximum Gasteiger partial charge on any atom is 0.416 e. The number of methoxy groups -OCH3 is 1. The molecule has 1 aromatic heterocycles. The van der Waals surface area contributed by atoms with E-state index in [0.29, 0.717) is 27.9 Å². The third-order valence-corrected chi connectivity index (χ3v) is 7.85. The first-order valence-corrected chi connectivity index (χ1v) is 13.9. The molecule has 0 saturated carbocycles. The van der Waals surface area contributed by atoms with E-state index in [0.717, 1.165) is 16.4 Å². The van der Waals surface area contributed by atoms with Gasteiger partial charge in [-0.25, -0.2) is 8.78 Å². The van der Waals surface area contributed by atoms with Gasteiger partial charge in [0.05, 0.1) is 35.6 Å². The van der Waals surface area contributed by atoms with Gasteiger partial charge in [-0.3, -0.25) is 9.10 Å². The number of amides is 1. The maximum atomic E-state index is 14.6. The average molecular weight is 698 g/mol. The molecule has 0 aliphatic carbocycles. The van der Waals surface area contributed by atoms with Crippen LogP contribution >= 0.6 is 40.3 Å². The van der Waals surface area contributed by atoms with Crippen molar-refractivity contribution in [3.63, 3.8) is 0 Å². The number of anilines is 1. The monoisotopic (exact) mass is 696 g/mol. The van der Waals surface area contributed by atoms with Gasteiger partial charge in [0.2, 0.25) is 0 Å². The molecule has 0 spiro atoms. The first kappa shape index (κ1) is 30.7. The van der Waals surface area contributed by atoms with Crippen molar-refractivity contribution in [1.29, 1.82) is 0 Å². The molecule has 0 bridgehead atoms. The molecule has 0 radical (unpaired) electrons. The SMILES string of the molecule is COc1ccc(Cn2c(O)c3cc(Br)cc(N(S)C(=O)c4cc(F)cc(C(F)(F)F)c4)c3c2-c2cc(F)ccc2Cl)cc1. The molecule has 5 aromatic rings. The Balaban J connectivity index is 1.76. The van der Waals surface area contributed by atoms with Crippen LogP contribution in [0.1, 0.15) is 21.5 Å². The average Bonchev–Trinajstić information content (AvgIpc) is 3.23. The van der Waals surface area contributed by atoms with Gasteiger partial charge in [-0.1, -0.05) is 52.5 Å². The van der Waals surface area contributed by atoms with Crippen molar-refractivity contribution in [1.82, 2.24) is 4.57 Å². The highest BCUT2D eigenvalue weighted by Gasteiger charge is 2.33. The summed E-state index contributed by atoms with van der Waals surface area (Å²) >= 11 is 14.2. The molecule has 0 unspecified atom stereocenters. The zero-order valence-corrected chi connectivity index (χ0v) is 25.1. The summed E-state index contributed by atoms with van der Waals surface area (Å²) < 4.78 is 76.7. The Bertz CT molecular complexity index is 1880. The summed E-state index contributed by atoms with van der Waals surface area (Å²) in [5, 5.41) is 12.0. The Morgan fingerprint density at radius 3 is 2.37 bits per heavy atom. The smallest absolute Gasteiger partial charge is 0.416 e. The van der Waals surface area contributed by atoms with Crippen LogP contribution < -0.4 is 9.04 Å². The predicted octanol–water partition coefficient (Wildman–Crippen LogP) is 9.28. The zero-order chi connectivity index (χ0) is 31.2. The van der Waals surface area contributed by atoms with E-state index in [-0.39, 0.29) is 51.2 Å². The quantitative estimate of drug-likeness (QED) is 0.137. The number of carbonyl (C=O) groups is 1. The number of alkyl halides is 3. The second-order valence-electron chi connectivity index (χ2n) is 9.42. The van der Waals surface area contributed by atoms with E-state index in [1.807, 2.05) is 0 Å². The summed E-state index contributed by atoms with van der Waals surface area (Å²) in [6.45, 7) is 0.0586. The highest BCUT2D eigenvalue weighted by Crippen LogP contribution is 2.47. The minimum Gasteiger partial charge on any atom is -0.497 e. The zero-order valence-electron chi connectivity index (χ0n) is 21.9. The Kier molecular flexibility index (Phi) is 8.39. The molecule has 13 heteroatoms. The number of ether oxygens (including phenoxy) is 1. The van der Waals surface area contributed by atoms with Crippen LogP contribution in [0.2, 0.25) is 5.02 Å². The highest BCUT2D eigenvalue weighted by molar-refractivity contribution is 9.10. The molecule has 43 heavy (non-hydrogen) atoms. The molecule has 0 saturated heterocycles. The molecule has 4 aromatic carbocycles. The topological polar surface area (TPSA) is 54.7 Å². The van der Waals surface area contributed by atoms with E-state index in [1.54, 1.807) is 30.3 Å². The molecule has 0 aliphatic heterocycles. The minimum atomic E-state index is -4.91. The lowest BCUT2D eigenvalue weighted by molar-refractivity contribution is -0.137. The fourth-order valence-corrected chi connectivity index (χ4v) is 5.63. The van der Waals surface area contributed by atoms with Crippen molar-refractivity contribution in [2.24, 2.45) is 0 Å². The van der Waals surface area contributed by atoms with E-state index in [2.05, 4.69) is 28.7 Å². The molecule has 0 atom stereocenters. The number of carbonyl (C=O) groups excluding carboxylic acids is 1. The summed E-state index contributed by atoms with van der Waals surface area (Å²) in [6.07, 6.45) is -4.91. The Morgan fingerprint density at radius 1 is 1.02 bits per heavy atom. The number of hydrogen-bond donors (Lipinski definition) is 2. The van der Waals surface area contributed by atoms with E-state index < -0.39 is 34.8 Å². The number of thiol groups is 1. The van der Waals surface area contributed by atoms with Crippen LogP contribution in [-0.4, -0.2) is 22.7 Å². The number of rotatable bonds is 6. The van der Waals surface area contributed by atoms with Crippen molar-refractivity contribution >= 4 is 62.7 Å². The van der Waals surface area contributed by atoms with Crippen molar-refractivity contribution in [3.05, 3.63) is 111 Å². The predicted molar refractivity (Wildman–Crippen MR) is 161 cm³/mol. The van der Waals surface area contributed by atoms with Crippen molar-refractivity contribution in [2.45, 2.75) is 12.7 Å². The lowest BCUT2D eigenvalue weighted by atomic mass is 10.0. The van der Waals surface area contributed by atoms with Crippen LogP contribution in [0.15, 0.2) is 77.3 Å². The van der Waals surface area contributed by atoms with E-state index in [9.17, 15) is 31.9 Å². The van der Waals surface area contributed by atoms with Crippen molar-refractivity contribution in [3.8, 4) is 22.9 Å². The van der Waals surface area contributed by atoms with Gasteiger partial charge in [0, 0.05) is 26.4 Å². The van der Waals surface area contributed by atoms with Crippen LogP contribution in [0.5, 0.6) is 11.6 Å². The Hall–Kier alpha value is -3.74. The van der Waals surface area contributed by atoms with Crippen LogP contribution in [0.25, 0.3) is 22.0 Å². The number of nitrogens with zero attached hydrogens (tertiary/aromatic N) is 2. The Labute approximate surface area is 260 Å². The van der Waals surface area contributed by atoms with Gasteiger partial charge in [0.1, 0.15) is 17.4 Å². The molecule has 222 valence electrons. The summed E-state index contributed by atoms with van der Waals surface area (Å²) in [6, 6.07) is 15.0. The first-order valence-electron chi connectivity index (χ1n) is 12.3. The van der Waals surface area contributed by atoms with Gasteiger partial charge in [0.15, 0.2) is 5.88 Å². The lowest BCUT2D eigenvalue weighted by Crippen LogP contribution is -2.22. The number of benzene rings is 4. The second kappa shape index (κ2) is 11.7. The fourth-order valence-electron chi connectivity index (χ4n) is 4.71. The number of fused-ring (bicyclic) bond motifs is 1. The maximum absolute atomic E-state index is 14.6. The fraction of sp³-hybridized carbons (Fsp3) is 0.100. The number of aromatic hydroxyl groups is 1. The third kappa shape index (κ3) is 6.04. The largest absolute Gasteiger partial charge is 0.497 e. The molecule has 1 amide bonds. The molecule has 0 aliphatic rings. The Morgan fingerprint density at radius 2 is 1.72 bits per heavy atom. The van der Waals surface area contributed by atoms with Crippen LogP contribution in [0.3, 0.4) is 0 Å². The van der Waals surface area contributed by atoms with Crippen LogP contribution in [-0.2, 0) is 12.7 Å². The molecule has 5 rings (SSSR count). The van der Waals surface area contributed by atoms with Crippen molar-refractivity contribution < 1.29 is 36.6 Å². The molecule has 1 N–H and O–H groups in total. The van der Waals surface area contributed by atoms with Crippen LogP contribution in [0.4, 0.5) is 27.6 Å². The van der Waals surface area contributed by atoms with Gasteiger partial charge < -0.3 is 14.4 Å². The number of hydrogen-bond acceptors (Lipinski definition) is 4. The van der Waals surface area contributed by atoms with Crippen LogP contribution in [0, 0.1) is 11.6 Å². The summed E-state index contributed by atoms with van der Waals surface area (Å²) in [5.74, 6) is -2.68. The molecule has 5 nitrogen and oxygen atoms in total. The second-order valence-corrected chi connectivity index (χ2v) is 11.1. The highest BCUT2D eigenvalue weighted by atomic mass is 79.9. The lowest BCUT2D eigenvalue weighted by Gasteiger charge is -2.20. The van der Waals surface area contributed by atoms with Gasteiger partial charge >= 0.3 is 6.18 Å². The van der Waals surface area contributed by atoms with Gasteiger partial charge in [-0.15, -0.1) is 0 Å². The number of aromatic nitrogens is 1. The van der Waals surface area contributed by atoms with Crippen molar-refractivity contribution in [2.75, 3.05) is 11.4 Å². The van der Waals surface area contributed by atoms with Gasteiger partial charge in [-0.2, -0.15) is 13.2 Å². The molecule has 1 heterocycles.